The maximum Gasteiger partial charge on any atom is 0.264 e. The lowest BCUT2D eigenvalue weighted by Crippen LogP contribution is -2.15. The molecule has 0 saturated heterocycles. The summed E-state index contributed by atoms with van der Waals surface area (Å²) in [5.74, 6) is -0.119. The Morgan fingerprint density at radius 2 is 1.81 bits per heavy atom. The largest absolute Gasteiger partial charge is 0.361 e. The van der Waals surface area contributed by atoms with Gasteiger partial charge >= 0.3 is 0 Å². The van der Waals surface area contributed by atoms with E-state index >= 15 is 0 Å². The van der Waals surface area contributed by atoms with Gasteiger partial charge in [-0.15, -0.1) is 0 Å². The van der Waals surface area contributed by atoms with Crippen LogP contribution in [0.25, 0.3) is 22.2 Å². The molecule has 0 spiro atoms. The molecule has 0 radical (unpaired) electrons. The number of H-pyrrole nitrogens is 2. The number of benzene rings is 2. The second kappa shape index (κ2) is 6.68. The van der Waals surface area contributed by atoms with Crippen LogP contribution in [-0.4, -0.2) is 21.1 Å². The van der Waals surface area contributed by atoms with Crippen LogP contribution in [0.1, 0.15) is 5.56 Å². The first-order valence-electron chi connectivity index (χ1n) is 8.21. The van der Waals surface area contributed by atoms with E-state index in [1.807, 2.05) is 54.7 Å². The number of carbonyl (C=O) groups excluding carboxylic acids is 1. The van der Waals surface area contributed by atoms with Crippen LogP contribution in [0.5, 0.6) is 0 Å². The summed E-state index contributed by atoms with van der Waals surface area (Å²) >= 11 is 0. The van der Waals surface area contributed by atoms with Gasteiger partial charge in [0.2, 0.25) is 5.91 Å². The summed E-state index contributed by atoms with van der Waals surface area (Å²) in [6.07, 6.45) is 2.12. The molecule has 128 valence electrons. The van der Waals surface area contributed by atoms with Crippen molar-refractivity contribution in [2.75, 3.05) is 5.32 Å². The highest BCUT2D eigenvalue weighted by atomic mass is 16.1. The molecule has 0 saturated carbocycles. The molecule has 6 nitrogen and oxygen atoms in total. The number of anilines is 1. The van der Waals surface area contributed by atoms with Crippen LogP contribution in [0.3, 0.4) is 0 Å². The van der Waals surface area contributed by atoms with Crippen molar-refractivity contribution in [3.05, 3.63) is 82.8 Å². The molecule has 0 bridgehead atoms. The van der Waals surface area contributed by atoms with E-state index in [4.69, 9.17) is 0 Å². The standard InChI is InChI=1S/C20H16N4O2/c25-19-10-9-18(23-24-19)15-6-2-4-8-17(15)22-20(26)11-13-12-21-16-7-3-1-5-14(13)16/h1-10,12,21H,11H2,(H,22,26)(H,24,25). The summed E-state index contributed by atoms with van der Waals surface area (Å²) < 4.78 is 0. The SMILES string of the molecule is O=C(Cc1c[nH]c2ccccc12)Nc1ccccc1-c1ccc(=O)[nH]n1. The first-order valence-corrected chi connectivity index (χ1v) is 8.21. The first-order chi connectivity index (χ1) is 12.7. The molecule has 3 N–H and O–H groups in total. The van der Waals surface area contributed by atoms with Gasteiger partial charge in [-0.3, -0.25) is 9.59 Å². The van der Waals surface area contributed by atoms with Crippen LogP contribution >= 0.6 is 0 Å². The maximum atomic E-state index is 12.6. The van der Waals surface area contributed by atoms with Gasteiger partial charge in [0, 0.05) is 28.7 Å². The zero-order chi connectivity index (χ0) is 17.9. The normalized spacial score (nSPS) is 10.8. The highest BCUT2D eigenvalue weighted by Gasteiger charge is 2.12. The van der Waals surface area contributed by atoms with E-state index in [0.717, 1.165) is 22.0 Å². The van der Waals surface area contributed by atoms with Gasteiger partial charge in [-0.05, 0) is 23.8 Å². The topological polar surface area (TPSA) is 90.6 Å². The Morgan fingerprint density at radius 3 is 2.65 bits per heavy atom. The molecule has 0 aliphatic carbocycles. The summed E-state index contributed by atoms with van der Waals surface area (Å²) in [6, 6.07) is 18.3. The van der Waals surface area contributed by atoms with E-state index < -0.39 is 0 Å². The zero-order valence-electron chi connectivity index (χ0n) is 13.8. The van der Waals surface area contributed by atoms with Gasteiger partial charge in [0.1, 0.15) is 0 Å². The minimum Gasteiger partial charge on any atom is -0.361 e. The molecule has 0 fully saturated rings. The number of fused-ring (bicyclic) bond motifs is 1. The molecule has 4 rings (SSSR count). The molecule has 0 aliphatic rings. The van der Waals surface area contributed by atoms with Gasteiger partial charge < -0.3 is 10.3 Å². The molecular weight excluding hydrogens is 328 g/mol. The monoisotopic (exact) mass is 344 g/mol. The lowest BCUT2D eigenvalue weighted by atomic mass is 10.1. The van der Waals surface area contributed by atoms with Crippen molar-refractivity contribution in [3.8, 4) is 11.3 Å². The van der Waals surface area contributed by atoms with Crippen molar-refractivity contribution in [2.24, 2.45) is 0 Å². The van der Waals surface area contributed by atoms with Crippen LogP contribution in [0.15, 0.2) is 71.7 Å². The summed E-state index contributed by atoms with van der Waals surface area (Å²) in [4.78, 5) is 26.9. The van der Waals surface area contributed by atoms with Gasteiger partial charge in [0.05, 0.1) is 17.8 Å². The second-order valence-corrected chi connectivity index (χ2v) is 5.94. The number of carbonyl (C=O) groups is 1. The lowest BCUT2D eigenvalue weighted by Gasteiger charge is -2.10. The Labute approximate surface area is 148 Å². The third-order valence-corrected chi connectivity index (χ3v) is 4.18. The minimum atomic E-state index is -0.269. The number of hydrogen-bond donors (Lipinski definition) is 3. The molecule has 4 aromatic rings. The van der Waals surface area contributed by atoms with Crippen molar-refractivity contribution >= 4 is 22.5 Å². The van der Waals surface area contributed by atoms with Crippen molar-refractivity contribution < 1.29 is 4.79 Å². The van der Waals surface area contributed by atoms with E-state index in [9.17, 15) is 9.59 Å². The van der Waals surface area contributed by atoms with E-state index in [1.54, 1.807) is 6.07 Å². The molecule has 2 heterocycles. The Balaban J connectivity index is 1.58. The van der Waals surface area contributed by atoms with Crippen LogP contribution in [0.2, 0.25) is 0 Å². The minimum absolute atomic E-state index is 0.119. The molecular formula is C20H16N4O2. The zero-order valence-corrected chi connectivity index (χ0v) is 13.8. The van der Waals surface area contributed by atoms with Crippen LogP contribution in [0, 0.1) is 0 Å². The van der Waals surface area contributed by atoms with Crippen LogP contribution in [-0.2, 0) is 11.2 Å². The van der Waals surface area contributed by atoms with Gasteiger partial charge in [-0.25, -0.2) is 5.10 Å². The number of nitrogens with one attached hydrogen (secondary N) is 3. The third kappa shape index (κ3) is 3.12. The predicted molar refractivity (Wildman–Crippen MR) is 101 cm³/mol. The van der Waals surface area contributed by atoms with Gasteiger partial charge in [0.25, 0.3) is 5.56 Å². The molecule has 26 heavy (non-hydrogen) atoms. The highest BCUT2D eigenvalue weighted by molar-refractivity contribution is 5.98. The molecule has 0 aliphatic heterocycles. The predicted octanol–water partition coefficient (Wildman–Crippen LogP) is 3.10. The maximum absolute atomic E-state index is 12.6. The fraction of sp³-hybridized carbons (Fsp3) is 0.0500. The van der Waals surface area contributed by atoms with Gasteiger partial charge in [-0.2, -0.15) is 5.10 Å². The van der Waals surface area contributed by atoms with Crippen molar-refractivity contribution in [2.45, 2.75) is 6.42 Å². The Morgan fingerprint density at radius 1 is 1.00 bits per heavy atom. The quantitative estimate of drug-likeness (QED) is 0.531. The molecule has 2 aromatic heterocycles. The number of rotatable bonds is 4. The van der Waals surface area contributed by atoms with E-state index in [2.05, 4.69) is 20.5 Å². The summed E-state index contributed by atoms with van der Waals surface area (Å²) in [6.45, 7) is 0. The van der Waals surface area contributed by atoms with Crippen molar-refractivity contribution in [1.29, 1.82) is 0 Å². The lowest BCUT2D eigenvalue weighted by molar-refractivity contribution is -0.115. The van der Waals surface area contributed by atoms with Crippen LogP contribution < -0.4 is 10.9 Å². The number of amides is 1. The highest BCUT2D eigenvalue weighted by Crippen LogP contribution is 2.26. The van der Waals surface area contributed by atoms with Gasteiger partial charge in [0.15, 0.2) is 0 Å². The number of aromatic amines is 2. The molecule has 1 amide bonds. The molecule has 0 atom stereocenters. The van der Waals surface area contributed by atoms with E-state index in [0.29, 0.717) is 11.4 Å². The third-order valence-electron chi connectivity index (χ3n) is 4.18. The summed E-state index contributed by atoms with van der Waals surface area (Å²) in [5.41, 5.74) is 3.67. The molecule has 0 unspecified atom stereocenters. The van der Waals surface area contributed by atoms with Gasteiger partial charge in [-0.1, -0.05) is 36.4 Å². The number of hydrogen-bond acceptors (Lipinski definition) is 3. The Bertz CT molecular complexity index is 1120. The Kier molecular flexibility index (Phi) is 4.07. The first kappa shape index (κ1) is 15.8. The van der Waals surface area contributed by atoms with E-state index in [1.165, 1.54) is 6.07 Å². The summed E-state index contributed by atoms with van der Waals surface area (Å²) in [7, 11) is 0. The molecule has 6 heteroatoms. The Hall–Kier alpha value is -3.67. The fourth-order valence-electron chi connectivity index (χ4n) is 2.96. The van der Waals surface area contributed by atoms with Crippen LogP contribution in [0.4, 0.5) is 5.69 Å². The summed E-state index contributed by atoms with van der Waals surface area (Å²) in [5, 5.41) is 10.4. The second-order valence-electron chi connectivity index (χ2n) is 5.94. The van der Waals surface area contributed by atoms with Crippen molar-refractivity contribution in [1.82, 2.24) is 15.2 Å². The van der Waals surface area contributed by atoms with E-state index in [-0.39, 0.29) is 17.9 Å². The number of aromatic nitrogens is 3. The number of para-hydroxylation sites is 2. The number of nitrogens with zero attached hydrogens (tertiary/aromatic N) is 1. The smallest absolute Gasteiger partial charge is 0.264 e. The molecule has 2 aromatic carbocycles. The average Bonchev–Trinajstić information content (AvgIpc) is 3.06. The van der Waals surface area contributed by atoms with Crippen molar-refractivity contribution in [3.63, 3.8) is 0 Å². The average molecular weight is 344 g/mol. The fourth-order valence-corrected chi connectivity index (χ4v) is 2.96.